The number of ketones is 1. The van der Waals surface area contributed by atoms with Gasteiger partial charge in [-0.05, 0) is 12.0 Å². The molecule has 0 spiro atoms. The van der Waals surface area contributed by atoms with Crippen LogP contribution in [0.15, 0.2) is 30.3 Å². The highest BCUT2D eigenvalue weighted by Crippen LogP contribution is 2.12. The van der Waals surface area contributed by atoms with E-state index in [1.807, 2.05) is 30.0 Å². The van der Waals surface area contributed by atoms with Crippen LogP contribution in [0.3, 0.4) is 0 Å². The lowest BCUT2D eigenvalue weighted by Crippen LogP contribution is -2.38. The number of aryl methyl sites for hydroxylation is 1. The van der Waals surface area contributed by atoms with Crippen LogP contribution >= 0.6 is 11.8 Å². The molecule has 0 radical (unpaired) electrons. The number of hydrogen-bond donors (Lipinski definition) is 1. The van der Waals surface area contributed by atoms with E-state index >= 15 is 0 Å². The number of rotatable bonds is 5. The summed E-state index contributed by atoms with van der Waals surface area (Å²) in [5.41, 5.74) is 1.26. The normalized spacial score (nSPS) is 20.1. The van der Waals surface area contributed by atoms with Crippen LogP contribution in [0.25, 0.3) is 0 Å². The smallest absolute Gasteiger partial charge is 0.134 e. The van der Waals surface area contributed by atoms with Gasteiger partial charge in [0.25, 0.3) is 0 Å². The number of thioether (sulfide) groups is 1. The summed E-state index contributed by atoms with van der Waals surface area (Å²) in [6, 6.07) is 10.6. The predicted molar refractivity (Wildman–Crippen MR) is 73.5 cm³/mol. The Kier molecular flexibility index (Phi) is 5.08. The molecule has 1 aromatic rings. The van der Waals surface area contributed by atoms with Crippen molar-refractivity contribution in [2.75, 3.05) is 18.1 Å². The van der Waals surface area contributed by atoms with Crippen molar-refractivity contribution in [3.05, 3.63) is 35.9 Å². The number of Topliss-reactive ketones (excluding diaryl/α,β-unsaturated/α-hetero) is 1. The fraction of sp³-hybridized carbons (Fsp3) is 0.500. The first-order valence-electron chi connectivity index (χ1n) is 6.21. The Bertz CT molecular complexity index is 346. The number of benzene rings is 1. The van der Waals surface area contributed by atoms with Crippen LogP contribution in [0, 0.1) is 0 Å². The second-order valence-corrected chi connectivity index (χ2v) is 5.60. The van der Waals surface area contributed by atoms with Gasteiger partial charge in [-0.15, -0.1) is 0 Å². The number of carbonyl (C=O) groups is 1. The van der Waals surface area contributed by atoms with Crippen molar-refractivity contribution < 1.29 is 4.79 Å². The van der Waals surface area contributed by atoms with Crippen molar-refractivity contribution in [1.29, 1.82) is 0 Å². The molecule has 1 aliphatic heterocycles. The Hall–Kier alpha value is -0.800. The van der Waals surface area contributed by atoms with E-state index < -0.39 is 0 Å². The number of carbonyl (C=O) groups excluding carboxylic acids is 1. The lowest BCUT2D eigenvalue weighted by Gasteiger charge is -2.22. The fourth-order valence-corrected chi connectivity index (χ4v) is 3.01. The lowest BCUT2D eigenvalue weighted by atomic mass is 10.0. The van der Waals surface area contributed by atoms with Crippen LogP contribution in [0.2, 0.25) is 0 Å². The van der Waals surface area contributed by atoms with Gasteiger partial charge in [-0.25, -0.2) is 0 Å². The highest BCUT2D eigenvalue weighted by Gasteiger charge is 2.16. The Morgan fingerprint density at radius 1 is 1.35 bits per heavy atom. The highest BCUT2D eigenvalue weighted by atomic mass is 32.2. The molecule has 0 bridgehead atoms. The van der Waals surface area contributed by atoms with Gasteiger partial charge in [0.15, 0.2) is 0 Å². The SMILES string of the molecule is O=C(CCc1ccccc1)CC1CSCCN1. The molecule has 1 fully saturated rings. The summed E-state index contributed by atoms with van der Waals surface area (Å²) in [5.74, 6) is 2.64. The predicted octanol–water partition coefficient (Wildman–Crippen LogP) is 2.28. The van der Waals surface area contributed by atoms with E-state index in [1.54, 1.807) is 0 Å². The highest BCUT2D eigenvalue weighted by molar-refractivity contribution is 7.99. The standard InChI is InChI=1S/C14H19NOS/c16-14(10-13-11-17-9-8-15-13)7-6-12-4-2-1-3-5-12/h1-5,13,15H,6-11H2. The zero-order chi connectivity index (χ0) is 11.9. The van der Waals surface area contributed by atoms with Crippen molar-refractivity contribution in [3.8, 4) is 0 Å². The molecule has 1 aromatic carbocycles. The molecule has 0 aromatic heterocycles. The van der Waals surface area contributed by atoms with Crippen LogP contribution < -0.4 is 5.32 Å². The summed E-state index contributed by atoms with van der Waals surface area (Å²) in [6.07, 6.45) is 2.24. The van der Waals surface area contributed by atoms with Crippen molar-refractivity contribution >= 4 is 17.5 Å². The first-order chi connectivity index (χ1) is 8.34. The second kappa shape index (κ2) is 6.82. The number of hydrogen-bond acceptors (Lipinski definition) is 3. The van der Waals surface area contributed by atoms with Crippen molar-refractivity contribution in [2.24, 2.45) is 0 Å². The maximum Gasteiger partial charge on any atom is 0.134 e. The average Bonchev–Trinajstić information content (AvgIpc) is 2.39. The molecule has 1 unspecified atom stereocenters. The first-order valence-corrected chi connectivity index (χ1v) is 7.37. The molecule has 2 rings (SSSR count). The van der Waals surface area contributed by atoms with E-state index in [2.05, 4.69) is 17.4 Å². The zero-order valence-electron chi connectivity index (χ0n) is 10.0. The molecular formula is C14H19NOS. The van der Waals surface area contributed by atoms with E-state index in [4.69, 9.17) is 0 Å². The summed E-state index contributed by atoms with van der Waals surface area (Å²) in [5, 5.41) is 3.41. The Morgan fingerprint density at radius 3 is 2.88 bits per heavy atom. The van der Waals surface area contributed by atoms with E-state index in [9.17, 15) is 4.79 Å². The van der Waals surface area contributed by atoms with Crippen LogP contribution in [-0.2, 0) is 11.2 Å². The molecule has 1 N–H and O–H groups in total. The quantitative estimate of drug-likeness (QED) is 0.868. The van der Waals surface area contributed by atoms with Crippen LogP contribution in [0.5, 0.6) is 0 Å². The lowest BCUT2D eigenvalue weighted by molar-refractivity contribution is -0.119. The van der Waals surface area contributed by atoms with Crippen LogP contribution in [-0.4, -0.2) is 29.9 Å². The largest absolute Gasteiger partial charge is 0.312 e. The minimum absolute atomic E-state index is 0.383. The third kappa shape index (κ3) is 4.52. The van der Waals surface area contributed by atoms with Gasteiger partial charge in [0.1, 0.15) is 5.78 Å². The monoisotopic (exact) mass is 249 g/mol. The van der Waals surface area contributed by atoms with Crippen LogP contribution in [0.4, 0.5) is 0 Å². The van der Waals surface area contributed by atoms with Gasteiger partial charge in [0, 0.05) is 36.9 Å². The molecule has 0 aliphatic carbocycles. The van der Waals surface area contributed by atoms with E-state index in [0.717, 1.165) is 18.7 Å². The molecule has 1 atom stereocenters. The number of nitrogens with one attached hydrogen (secondary N) is 1. The second-order valence-electron chi connectivity index (χ2n) is 4.45. The molecular weight excluding hydrogens is 230 g/mol. The minimum atomic E-state index is 0.383. The molecule has 0 amide bonds. The molecule has 0 saturated carbocycles. The summed E-state index contributed by atoms with van der Waals surface area (Å²) >= 11 is 1.94. The van der Waals surface area contributed by atoms with E-state index in [1.165, 1.54) is 11.3 Å². The Morgan fingerprint density at radius 2 is 2.18 bits per heavy atom. The van der Waals surface area contributed by atoms with Crippen molar-refractivity contribution in [1.82, 2.24) is 5.32 Å². The molecule has 3 heteroatoms. The third-order valence-electron chi connectivity index (χ3n) is 3.01. The topological polar surface area (TPSA) is 29.1 Å². The van der Waals surface area contributed by atoms with Gasteiger partial charge in [-0.3, -0.25) is 4.79 Å². The van der Waals surface area contributed by atoms with E-state index in [0.29, 0.717) is 24.7 Å². The maximum absolute atomic E-state index is 11.8. The van der Waals surface area contributed by atoms with Gasteiger partial charge in [0.05, 0.1) is 0 Å². The van der Waals surface area contributed by atoms with Crippen molar-refractivity contribution in [2.45, 2.75) is 25.3 Å². The summed E-state index contributed by atoms with van der Waals surface area (Å²) < 4.78 is 0. The third-order valence-corrected chi connectivity index (χ3v) is 4.14. The van der Waals surface area contributed by atoms with Crippen molar-refractivity contribution in [3.63, 3.8) is 0 Å². The van der Waals surface area contributed by atoms with Gasteiger partial charge >= 0.3 is 0 Å². The Labute approximate surface area is 107 Å². The molecule has 1 heterocycles. The van der Waals surface area contributed by atoms with Crippen LogP contribution in [0.1, 0.15) is 18.4 Å². The fourth-order valence-electron chi connectivity index (χ4n) is 2.06. The molecule has 92 valence electrons. The summed E-state index contributed by atoms with van der Waals surface area (Å²) in [4.78, 5) is 11.8. The maximum atomic E-state index is 11.8. The molecule has 1 aliphatic rings. The van der Waals surface area contributed by atoms with Gasteiger partial charge in [-0.1, -0.05) is 30.3 Å². The van der Waals surface area contributed by atoms with Gasteiger partial charge in [0.2, 0.25) is 0 Å². The minimum Gasteiger partial charge on any atom is -0.312 e. The van der Waals surface area contributed by atoms with E-state index in [-0.39, 0.29) is 0 Å². The average molecular weight is 249 g/mol. The molecule has 17 heavy (non-hydrogen) atoms. The van der Waals surface area contributed by atoms with Gasteiger partial charge < -0.3 is 5.32 Å². The van der Waals surface area contributed by atoms with Gasteiger partial charge in [-0.2, -0.15) is 11.8 Å². The summed E-state index contributed by atoms with van der Waals surface area (Å²) in [7, 11) is 0. The summed E-state index contributed by atoms with van der Waals surface area (Å²) in [6.45, 7) is 1.04. The Balaban J connectivity index is 1.70. The molecule has 1 saturated heterocycles. The molecule has 2 nitrogen and oxygen atoms in total. The first kappa shape index (κ1) is 12.7. The zero-order valence-corrected chi connectivity index (χ0v) is 10.8.